The molecule has 2 aromatic heterocycles. The Kier molecular flexibility index (Phi) is 3.42. The highest BCUT2D eigenvalue weighted by atomic mass is 19.1. The van der Waals surface area contributed by atoms with Gasteiger partial charge in [0.1, 0.15) is 11.4 Å². The van der Waals surface area contributed by atoms with Crippen molar-refractivity contribution in [3.05, 3.63) is 82.7 Å². The summed E-state index contributed by atoms with van der Waals surface area (Å²) in [4.78, 5) is 11.9. The van der Waals surface area contributed by atoms with E-state index in [-0.39, 0.29) is 5.82 Å². The van der Waals surface area contributed by atoms with E-state index in [0.29, 0.717) is 23.3 Å². The van der Waals surface area contributed by atoms with E-state index >= 15 is 0 Å². The molecular formula is C18H12FN3O2. The van der Waals surface area contributed by atoms with E-state index in [1.807, 2.05) is 12.1 Å². The van der Waals surface area contributed by atoms with Crippen molar-refractivity contribution in [3.63, 3.8) is 0 Å². The van der Waals surface area contributed by atoms with Crippen molar-refractivity contribution in [2.75, 3.05) is 0 Å². The predicted octanol–water partition coefficient (Wildman–Crippen LogP) is 3.24. The first-order chi connectivity index (χ1) is 11.7. The fraction of sp³-hybridized carbons (Fsp3) is 0.0556. The Labute approximate surface area is 136 Å². The zero-order valence-electron chi connectivity index (χ0n) is 12.5. The molecule has 0 aliphatic heterocycles. The number of hydrogen-bond donors (Lipinski definition) is 0. The molecule has 4 rings (SSSR count). The summed E-state index contributed by atoms with van der Waals surface area (Å²) in [6.45, 7) is 0.518. The van der Waals surface area contributed by atoms with Gasteiger partial charge < -0.3 is 4.42 Å². The van der Waals surface area contributed by atoms with Crippen molar-refractivity contribution < 1.29 is 8.81 Å². The molecule has 0 spiro atoms. The van der Waals surface area contributed by atoms with Gasteiger partial charge in [-0.25, -0.2) is 13.9 Å². The maximum atomic E-state index is 13.5. The number of fused-ring (bicyclic) bond motifs is 1. The lowest BCUT2D eigenvalue weighted by molar-refractivity contribution is 0.560. The number of hydrogen-bond acceptors (Lipinski definition) is 4. The third-order valence-corrected chi connectivity index (χ3v) is 3.76. The minimum atomic E-state index is -0.473. The lowest BCUT2D eigenvalue weighted by Crippen LogP contribution is -2.02. The van der Waals surface area contributed by atoms with Gasteiger partial charge in [-0.2, -0.15) is 0 Å². The van der Waals surface area contributed by atoms with Crippen LogP contribution in [0.15, 0.2) is 70.1 Å². The van der Waals surface area contributed by atoms with Gasteiger partial charge in [-0.15, -0.1) is 5.10 Å². The molecule has 0 bridgehead atoms. The SMILES string of the molecule is O=c1cc(-c2cccc(F)c2)c2ccc(Cn3ccnn3)cc2o1. The van der Waals surface area contributed by atoms with Crippen molar-refractivity contribution in [3.8, 4) is 11.1 Å². The molecule has 0 saturated heterocycles. The summed E-state index contributed by atoms with van der Waals surface area (Å²) in [5.74, 6) is -0.350. The smallest absolute Gasteiger partial charge is 0.336 e. The quantitative estimate of drug-likeness (QED) is 0.544. The third kappa shape index (κ3) is 2.69. The van der Waals surface area contributed by atoms with Gasteiger partial charge in [-0.05, 0) is 34.9 Å². The first kappa shape index (κ1) is 14.3. The minimum absolute atomic E-state index is 0.350. The van der Waals surface area contributed by atoms with Crippen LogP contribution in [0.5, 0.6) is 0 Å². The second kappa shape index (κ2) is 5.73. The Balaban J connectivity index is 1.85. The van der Waals surface area contributed by atoms with Gasteiger partial charge >= 0.3 is 5.63 Å². The molecule has 24 heavy (non-hydrogen) atoms. The molecule has 0 aliphatic carbocycles. The molecule has 5 nitrogen and oxygen atoms in total. The molecule has 0 radical (unpaired) electrons. The monoisotopic (exact) mass is 321 g/mol. The van der Waals surface area contributed by atoms with E-state index in [4.69, 9.17) is 4.42 Å². The summed E-state index contributed by atoms with van der Waals surface area (Å²) >= 11 is 0. The number of nitrogens with zero attached hydrogens (tertiary/aromatic N) is 3. The van der Waals surface area contributed by atoms with Crippen LogP contribution in [0.3, 0.4) is 0 Å². The maximum absolute atomic E-state index is 13.5. The van der Waals surface area contributed by atoms with Crippen LogP contribution in [0.4, 0.5) is 4.39 Å². The van der Waals surface area contributed by atoms with Gasteiger partial charge in [-0.1, -0.05) is 29.5 Å². The number of benzene rings is 2. The summed E-state index contributed by atoms with van der Waals surface area (Å²) < 4.78 is 20.5. The predicted molar refractivity (Wildman–Crippen MR) is 87.0 cm³/mol. The second-order valence-electron chi connectivity index (χ2n) is 5.42. The Morgan fingerprint density at radius 1 is 1.12 bits per heavy atom. The molecule has 0 amide bonds. The second-order valence-corrected chi connectivity index (χ2v) is 5.42. The lowest BCUT2D eigenvalue weighted by atomic mass is 10.0. The van der Waals surface area contributed by atoms with Crippen LogP contribution in [-0.2, 0) is 6.54 Å². The van der Waals surface area contributed by atoms with Crippen LogP contribution in [0.2, 0.25) is 0 Å². The largest absolute Gasteiger partial charge is 0.423 e. The Bertz CT molecular complexity index is 1070. The number of rotatable bonds is 3. The first-order valence-corrected chi connectivity index (χ1v) is 7.36. The van der Waals surface area contributed by atoms with Gasteiger partial charge in [0.25, 0.3) is 0 Å². The molecule has 0 saturated carbocycles. The van der Waals surface area contributed by atoms with E-state index < -0.39 is 5.63 Å². The van der Waals surface area contributed by atoms with Crippen LogP contribution >= 0.6 is 0 Å². The van der Waals surface area contributed by atoms with Crippen molar-refractivity contribution >= 4 is 11.0 Å². The Morgan fingerprint density at radius 3 is 2.83 bits per heavy atom. The Morgan fingerprint density at radius 2 is 2.04 bits per heavy atom. The molecule has 0 N–H and O–H groups in total. The topological polar surface area (TPSA) is 60.9 Å². The van der Waals surface area contributed by atoms with Gasteiger partial charge in [0, 0.05) is 17.6 Å². The van der Waals surface area contributed by atoms with E-state index in [2.05, 4.69) is 10.3 Å². The van der Waals surface area contributed by atoms with Crippen LogP contribution in [0.1, 0.15) is 5.56 Å². The average Bonchev–Trinajstić information content (AvgIpc) is 3.06. The zero-order valence-corrected chi connectivity index (χ0v) is 12.5. The first-order valence-electron chi connectivity index (χ1n) is 7.36. The molecule has 0 aliphatic rings. The highest BCUT2D eigenvalue weighted by Crippen LogP contribution is 2.28. The summed E-state index contributed by atoms with van der Waals surface area (Å²) in [6.07, 6.45) is 3.35. The molecule has 118 valence electrons. The molecule has 4 aromatic rings. The van der Waals surface area contributed by atoms with E-state index in [0.717, 1.165) is 10.9 Å². The van der Waals surface area contributed by atoms with Crippen LogP contribution in [0.25, 0.3) is 22.1 Å². The van der Waals surface area contributed by atoms with E-state index in [1.54, 1.807) is 35.3 Å². The molecular weight excluding hydrogens is 309 g/mol. The number of aromatic nitrogens is 3. The summed E-state index contributed by atoms with van der Waals surface area (Å²) in [5, 5.41) is 8.43. The average molecular weight is 321 g/mol. The van der Waals surface area contributed by atoms with E-state index in [1.165, 1.54) is 18.2 Å². The zero-order chi connectivity index (χ0) is 16.5. The fourth-order valence-electron chi connectivity index (χ4n) is 2.70. The summed E-state index contributed by atoms with van der Waals surface area (Å²) in [5.41, 5.74) is 2.19. The number of halogens is 1. The summed E-state index contributed by atoms with van der Waals surface area (Å²) in [7, 11) is 0. The van der Waals surface area contributed by atoms with Crippen molar-refractivity contribution in [1.29, 1.82) is 0 Å². The highest BCUT2D eigenvalue weighted by Gasteiger charge is 2.10. The van der Waals surface area contributed by atoms with Gasteiger partial charge in [0.2, 0.25) is 0 Å². The van der Waals surface area contributed by atoms with E-state index in [9.17, 15) is 9.18 Å². The normalized spacial score (nSPS) is 11.0. The van der Waals surface area contributed by atoms with Gasteiger partial charge in [0.15, 0.2) is 0 Å². The lowest BCUT2D eigenvalue weighted by Gasteiger charge is -2.08. The van der Waals surface area contributed by atoms with Crippen molar-refractivity contribution in [2.24, 2.45) is 0 Å². The maximum Gasteiger partial charge on any atom is 0.336 e. The molecule has 2 heterocycles. The Hall–Kier alpha value is -3.28. The van der Waals surface area contributed by atoms with Crippen molar-refractivity contribution in [2.45, 2.75) is 6.54 Å². The van der Waals surface area contributed by atoms with Gasteiger partial charge in [0.05, 0.1) is 12.7 Å². The fourth-order valence-corrected chi connectivity index (χ4v) is 2.70. The van der Waals surface area contributed by atoms with Gasteiger partial charge in [-0.3, -0.25) is 0 Å². The molecule has 0 fully saturated rings. The molecule has 0 unspecified atom stereocenters. The third-order valence-electron chi connectivity index (χ3n) is 3.76. The molecule has 6 heteroatoms. The highest BCUT2D eigenvalue weighted by molar-refractivity contribution is 5.93. The molecule has 2 aromatic carbocycles. The standard InChI is InChI=1S/C18H12FN3O2/c19-14-3-1-2-13(9-14)16-10-18(23)24-17-8-12(4-5-15(16)17)11-22-7-6-20-21-22/h1-10H,11H2. The van der Waals surface area contributed by atoms with Crippen LogP contribution in [0, 0.1) is 5.82 Å². The molecule has 0 atom stereocenters. The van der Waals surface area contributed by atoms with Crippen LogP contribution in [-0.4, -0.2) is 15.0 Å². The van der Waals surface area contributed by atoms with Crippen molar-refractivity contribution in [1.82, 2.24) is 15.0 Å². The minimum Gasteiger partial charge on any atom is -0.423 e. The summed E-state index contributed by atoms with van der Waals surface area (Å²) in [6, 6.07) is 13.1. The van der Waals surface area contributed by atoms with Crippen LogP contribution < -0.4 is 5.63 Å².